The Morgan fingerprint density at radius 1 is 1.20 bits per heavy atom. The van der Waals surface area contributed by atoms with E-state index in [1.54, 1.807) is 0 Å². The van der Waals surface area contributed by atoms with E-state index >= 15 is 0 Å². The molecule has 0 aromatic rings. The fraction of sp³-hybridized carbons (Fsp3) is 1.00. The first-order chi connectivity index (χ1) is 4.81. The van der Waals surface area contributed by atoms with Crippen LogP contribution in [0, 0.1) is 5.41 Å². The lowest BCUT2D eigenvalue weighted by Gasteiger charge is -2.46. The molecule has 1 aliphatic heterocycles. The first-order valence-corrected chi connectivity index (χ1v) is 4.16. The van der Waals surface area contributed by atoms with Gasteiger partial charge in [0.05, 0.1) is 0 Å². The molecule has 1 N–H and O–H groups in total. The molecule has 1 nitrogen and oxygen atoms in total. The Balaban J connectivity index is 1.90. The highest BCUT2D eigenvalue weighted by Crippen LogP contribution is 2.39. The van der Waals surface area contributed by atoms with Crippen molar-refractivity contribution in [1.82, 2.24) is 5.32 Å². The van der Waals surface area contributed by atoms with Crippen molar-refractivity contribution in [2.45, 2.75) is 31.9 Å². The summed E-state index contributed by atoms with van der Waals surface area (Å²) in [5, 5.41) is 3.26. The average Bonchev–Trinajstić information content (AvgIpc) is 1.86. The second-order valence-corrected chi connectivity index (χ2v) is 3.78. The average molecular weight is 143 g/mol. The first kappa shape index (κ1) is 6.59. The maximum Gasteiger partial charge on any atom is 0.100 e. The van der Waals surface area contributed by atoms with E-state index in [2.05, 4.69) is 5.32 Å². The quantitative estimate of drug-likeness (QED) is 0.541. The Hall–Kier alpha value is -0.110. The molecule has 1 saturated heterocycles. The van der Waals surface area contributed by atoms with Gasteiger partial charge in [-0.2, -0.15) is 0 Å². The van der Waals surface area contributed by atoms with Crippen LogP contribution in [0.15, 0.2) is 0 Å². The lowest BCUT2D eigenvalue weighted by molar-refractivity contribution is 0.0676. The molecule has 0 bridgehead atoms. The van der Waals surface area contributed by atoms with Gasteiger partial charge >= 0.3 is 0 Å². The molecule has 2 aliphatic rings. The van der Waals surface area contributed by atoms with E-state index < -0.39 is 6.17 Å². The molecule has 10 heavy (non-hydrogen) atoms. The highest BCUT2D eigenvalue weighted by atomic mass is 19.1. The van der Waals surface area contributed by atoms with Crippen LogP contribution < -0.4 is 5.32 Å². The summed E-state index contributed by atoms with van der Waals surface area (Å²) in [7, 11) is 0. The van der Waals surface area contributed by atoms with Gasteiger partial charge in [-0.1, -0.05) is 0 Å². The third-order valence-corrected chi connectivity index (χ3v) is 2.98. The predicted octanol–water partition coefficient (Wildman–Crippen LogP) is 1.49. The second kappa shape index (κ2) is 2.19. The van der Waals surface area contributed by atoms with E-state index in [0.717, 1.165) is 38.8 Å². The molecular formula is C8H14FN. The van der Waals surface area contributed by atoms with Crippen molar-refractivity contribution in [1.29, 1.82) is 0 Å². The smallest absolute Gasteiger partial charge is 0.100 e. The van der Waals surface area contributed by atoms with Crippen molar-refractivity contribution in [2.24, 2.45) is 5.41 Å². The molecule has 0 unspecified atom stereocenters. The fourth-order valence-corrected chi connectivity index (χ4v) is 2.03. The molecule has 2 fully saturated rings. The van der Waals surface area contributed by atoms with Crippen molar-refractivity contribution >= 4 is 0 Å². The molecule has 58 valence electrons. The van der Waals surface area contributed by atoms with Gasteiger partial charge in [0.15, 0.2) is 0 Å². The van der Waals surface area contributed by atoms with Gasteiger partial charge in [0.2, 0.25) is 0 Å². The minimum Gasteiger partial charge on any atom is -0.316 e. The predicted molar refractivity (Wildman–Crippen MR) is 38.7 cm³/mol. The lowest BCUT2D eigenvalue weighted by atomic mass is 9.69. The van der Waals surface area contributed by atoms with Crippen LogP contribution in [0.2, 0.25) is 0 Å². The van der Waals surface area contributed by atoms with Crippen LogP contribution in [0.25, 0.3) is 0 Å². The summed E-state index contributed by atoms with van der Waals surface area (Å²) in [5.74, 6) is 0. The van der Waals surface area contributed by atoms with E-state index in [0.29, 0.717) is 5.41 Å². The summed E-state index contributed by atoms with van der Waals surface area (Å²) < 4.78 is 12.7. The van der Waals surface area contributed by atoms with Crippen LogP contribution in [0.5, 0.6) is 0 Å². The third-order valence-electron chi connectivity index (χ3n) is 2.98. The Morgan fingerprint density at radius 3 is 2.20 bits per heavy atom. The van der Waals surface area contributed by atoms with Crippen molar-refractivity contribution < 1.29 is 4.39 Å². The zero-order valence-corrected chi connectivity index (χ0v) is 6.20. The molecule has 0 radical (unpaired) electrons. The fourth-order valence-electron chi connectivity index (χ4n) is 2.03. The third kappa shape index (κ3) is 0.947. The van der Waals surface area contributed by atoms with Crippen LogP contribution >= 0.6 is 0 Å². The Kier molecular flexibility index (Phi) is 1.44. The number of alkyl halides is 1. The van der Waals surface area contributed by atoms with E-state index in [1.807, 2.05) is 0 Å². The minimum atomic E-state index is -0.494. The summed E-state index contributed by atoms with van der Waals surface area (Å²) in [4.78, 5) is 0. The summed E-state index contributed by atoms with van der Waals surface area (Å²) in [6.45, 7) is 2.28. The number of rotatable bonds is 0. The largest absolute Gasteiger partial charge is 0.316 e. The van der Waals surface area contributed by atoms with Gasteiger partial charge in [-0.15, -0.1) is 0 Å². The zero-order chi connectivity index (χ0) is 7.03. The molecule has 0 aromatic carbocycles. The van der Waals surface area contributed by atoms with Crippen LogP contribution in [0.4, 0.5) is 4.39 Å². The van der Waals surface area contributed by atoms with Crippen molar-refractivity contribution in [3.63, 3.8) is 0 Å². The highest BCUT2D eigenvalue weighted by molar-refractivity contribution is 4.95. The van der Waals surface area contributed by atoms with Crippen LogP contribution in [0.3, 0.4) is 0 Å². The number of hydrogen-bond donors (Lipinski definition) is 1. The van der Waals surface area contributed by atoms with Crippen molar-refractivity contribution in [3.8, 4) is 0 Å². The Bertz CT molecular complexity index is 121. The van der Waals surface area contributed by atoms with Gasteiger partial charge in [-0.3, -0.25) is 0 Å². The maximum atomic E-state index is 12.7. The van der Waals surface area contributed by atoms with Crippen molar-refractivity contribution in [3.05, 3.63) is 0 Å². The highest BCUT2D eigenvalue weighted by Gasteiger charge is 2.39. The number of halogens is 1. The number of nitrogens with one attached hydrogen (secondary N) is 1. The molecule has 1 spiro atoms. The zero-order valence-electron chi connectivity index (χ0n) is 6.20. The van der Waals surface area contributed by atoms with E-state index in [-0.39, 0.29) is 0 Å². The molecule has 2 heteroatoms. The van der Waals surface area contributed by atoms with Crippen molar-refractivity contribution in [2.75, 3.05) is 13.1 Å². The van der Waals surface area contributed by atoms with Gasteiger partial charge in [0, 0.05) is 13.1 Å². The monoisotopic (exact) mass is 143 g/mol. The molecule has 0 amide bonds. The topological polar surface area (TPSA) is 12.0 Å². The van der Waals surface area contributed by atoms with E-state index in [9.17, 15) is 4.39 Å². The summed E-state index contributed by atoms with van der Waals surface area (Å²) in [5.41, 5.74) is 0.530. The normalized spacial score (nSPS) is 32.1. The van der Waals surface area contributed by atoms with Crippen LogP contribution in [-0.4, -0.2) is 19.3 Å². The first-order valence-electron chi connectivity index (χ1n) is 4.16. The molecular weight excluding hydrogens is 129 g/mol. The summed E-state index contributed by atoms with van der Waals surface area (Å²) in [6, 6.07) is 0. The van der Waals surface area contributed by atoms with Gasteiger partial charge in [0.25, 0.3) is 0 Å². The SMILES string of the molecule is FC1CCC2(CC1)CNC2. The van der Waals surface area contributed by atoms with Gasteiger partial charge < -0.3 is 5.32 Å². The maximum absolute atomic E-state index is 12.7. The van der Waals surface area contributed by atoms with Gasteiger partial charge in [-0.05, 0) is 31.1 Å². The molecule has 1 aliphatic carbocycles. The van der Waals surface area contributed by atoms with Gasteiger partial charge in [-0.25, -0.2) is 4.39 Å². The van der Waals surface area contributed by atoms with E-state index in [4.69, 9.17) is 0 Å². The Labute approximate surface area is 61.0 Å². The Morgan fingerprint density at radius 2 is 1.80 bits per heavy atom. The molecule has 2 rings (SSSR count). The molecule has 0 aromatic heterocycles. The second-order valence-electron chi connectivity index (χ2n) is 3.78. The van der Waals surface area contributed by atoms with E-state index in [1.165, 1.54) is 0 Å². The molecule has 1 heterocycles. The molecule has 1 saturated carbocycles. The summed E-state index contributed by atoms with van der Waals surface area (Å²) in [6.07, 6.45) is 3.34. The van der Waals surface area contributed by atoms with Crippen LogP contribution in [0.1, 0.15) is 25.7 Å². The standard InChI is InChI=1S/C8H14FN/c9-7-1-3-8(4-2-7)5-10-6-8/h7,10H,1-6H2. The lowest BCUT2D eigenvalue weighted by Crippen LogP contribution is -2.55. The molecule has 0 atom stereocenters. The number of hydrogen-bond acceptors (Lipinski definition) is 1. The van der Waals surface area contributed by atoms with Crippen LogP contribution in [-0.2, 0) is 0 Å². The minimum absolute atomic E-state index is 0.494. The summed E-state index contributed by atoms with van der Waals surface area (Å²) >= 11 is 0. The van der Waals surface area contributed by atoms with Gasteiger partial charge in [0.1, 0.15) is 6.17 Å².